The van der Waals surface area contributed by atoms with Crippen molar-refractivity contribution in [2.45, 2.75) is 19.8 Å². The summed E-state index contributed by atoms with van der Waals surface area (Å²) in [5, 5.41) is 3.23. The van der Waals surface area contributed by atoms with Gasteiger partial charge in [0.05, 0.1) is 0 Å². The molecule has 1 aromatic carbocycles. The molecule has 1 aliphatic rings. The van der Waals surface area contributed by atoms with Crippen LogP contribution in [-0.2, 0) is 0 Å². The van der Waals surface area contributed by atoms with E-state index in [1.807, 2.05) is 6.07 Å². The number of benzene rings is 1. The molecule has 2 nitrogen and oxygen atoms in total. The van der Waals surface area contributed by atoms with Crippen LogP contribution in [-0.4, -0.2) is 11.5 Å². The summed E-state index contributed by atoms with van der Waals surface area (Å²) >= 11 is 4.74. The number of nitrogens with one attached hydrogen (secondary N) is 1. The van der Waals surface area contributed by atoms with Gasteiger partial charge in [-0.15, -0.1) is 0 Å². The van der Waals surface area contributed by atoms with Crippen LogP contribution in [0.3, 0.4) is 0 Å². The lowest BCUT2D eigenvalue weighted by Gasteiger charge is -2.12. The largest absolute Gasteiger partial charge is 0.389 e. The SMILES string of the molecule is CC1(CNc2ccc(C(N)=S)c(F)c2)CC1. The van der Waals surface area contributed by atoms with E-state index in [4.69, 9.17) is 18.0 Å². The summed E-state index contributed by atoms with van der Waals surface area (Å²) in [6, 6.07) is 4.87. The Balaban J connectivity index is 2.05. The number of rotatable bonds is 4. The molecule has 1 fully saturated rings. The lowest BCUT2D eigenvalue weighted by molar-refractivity contribution is 0.607. The van der Waals surface area contributed by atoms with E-state index in [0.717, 1.165) is 12.2 Å². The molecular weight excluding hydrogens is 223 g/mol. The summed E-state index contributed by atoms with van der Waals surface area (Å²) in [5.74, 6) is -0.363. The Bertz CT molecular complexity index is 427. The first-order valence-electron chi connectivity index (χ1n) is 5.33. The van der Waals surface area contributed by atoms with E-state index in [1.165, 1.54) is 18.9 Å². The van der Waals surface area contributed by atoms with Crippen LogP contribution in [0.2, 0.25) is 0 Å². The van der Waals surface area contributed by atoms with Gasteiger partial charge >= 0.3 is 0 Å². The molecule has 2 rings (SSSR count). The van der Waals surface area contributed by atoms with Crippen molar-refractivity contribution in [3.8, 4) is 0 Å². The number of anilines is 1. The molecule has 0 radical (unpaired) electrons. The molecule has 0 aromatic heterocycles. The molecule has 0 aliphatic heterocycles. The van der Waals surface area contributed by atoms with Crippen molar-refractivity contribution in [1.82, 2.24) is 0 Å². The van der Waals surface area contributed by atoms with E-state index in [2.05, 4.69) is 12.2 Å². The number of hydrogen-bond donors (Lipinski definition) is 2. The molecular formula is C12H15FN2S. The fourth-order valence-electron chi connectivity index (χ4n) is 1.53. The van der Waals surface area contributed by atoms with Crippen LogP contribution < -0.4 is 11.1 Å². The van der Waals surface area contributed by atoms with Crippen molar-refractivity contribution in [3.63, 3.8) is 0 Å². The maximum absolute atomic E-state index is 13.5. The predicted octanol–water partition coefficient (Wildman–Crippen LogP) is 2.67. The average molecular weight is 238 g/mol. The highest BCUT2D eigenvalue weighted by Gasteiger charge is 2.36. The molecule has 1 aliphatic carbocycles. The Labute approximate surface area is 100 Å². The van der Waals surface area contributed by atoms with Crippen molar-refractivity contribution < 1.29 is 4.39 Å². The maximum atomic E-state index is 13.5. The molecule has 1 saturated carbocycles. The minimum absolute atomic E-state index is 0.0956. The van der Waals surface area contributed by atoms with Crippen molar-refractivity contribution in [2.75, 3.05) is 11.9 Å². The summed E-state index contributed by atoms with van der Waals surface area (Å²) in [4.78, 5) is 0.0956. The monoisotopic (exact) mass is 238 g/mol. The average Bonchev–Trinajstić information content (AvgIpc) is 2.94. The zero-order valence-corrected chi connectivity index (χ0v) is 10.0. The molecule has 0 bridgehead atoms. The highest BCUT2D eigenvalue weighted by atomic mass is 32.1. The van der Waals surface area contributed by atoms with Gasteiger partial charge in [0.2, 0.25) is 0 Å². The first kappa shape index (κ1) is 11.3. The summed E-state index contributed by atoms with van der Waals surface area (Å²) in [5.41, 5.74) is 6.88. The van der Waals surface area contributed by atoms with E-state index >= 15 is 0 Å². The molecule has 0 unspecified atom stereocenters. The molecule has 4 heteroatoms. The van der Waals surface area contributed by atoms with Gasteiger partial charge in [-0.1, -0.05) is 19.1 Å². The predicted molar refractivity (Wildman–Crippen MR) is 68.1 cm³/mol. The van der Waals surface area contributed by atoms with E-state index in [-0.39, 0.29) is 10.8 Å². The minimum atomic E-state index is -0.363. The topological polar surface area (TPSA) is 38.0 Å². The Morgan fingerprint density at radius 2 is 2.25 bits per heavy atom. The Morgan fingerprint density at radius 1 is 1.56 bits per heavy atom. The third kappa shape index (κ3) is 2.50. The van der Waals surface area contributed by atoms with E-state index < -0.39 is 0 Å². The molecule has 0 atom stereocenters. The van der Waals surface area contributed by atoms with Crippen LogP contribution in [0.25, 0.3) is 0 Å². The van der Waals surface area contributed by atoms with E-state index in [1.54, 1.807) is 6.07 Å². The van der Waals surface area contributed by atoms with Crippen LogP contribution in [0.1, 0.15) is 25.3 Å². The normalized spacial score (nSPS) is 16.9. The molecule has 0 saturated heterocycles. The second kappa shape index (κ2) is 4.01. The van der Waals surface area contributed by atoms with Crippen LogP contribution in [0, 0.1) is 11.2 Å². The lowest BCUT2D eigenvalue weighted by Crippen LogP contribution is -2.14. The van der Waals surface area contributed by atoms with Gasteiger partial charge in [0, 0.05) is 17.8 Å². The number of halogens is 1. The van der Waals surface area contributed by atoms with E-state index in [9.17, 15) is 4.39 Å². The smallest absolute Gasteiger partial charge is 0.135 e. The summed E-state index contributed by atoms with van der Waals surface area (Å²) < 4.78 is 13.5. The van der Waals surface area contributed by atoms with Crippen molar-refractivity contribution in [1.29, 1.82) is 0 Å². The highest BCUT2D eigenvalue weighted by Crippen LogP contribution is 2.44. The fourth-order valence-corrected chi connectivity index (χ4v) is 1.70. The number of thiocarbonyl (C=S) groups is 1. The summed E-state index contributed by atoms with van der Waals surface area (Å²) in [6.45, 7) is 3.11. The molecule has 0 amide bonds. The quantitative estimate of drug-likeness (QED) is 0.792. The second-order valence-electron chi connectivity index (χ2n) is 4.72. The van der Waals surface area contributed by atoms with Gasteiger partial charge in [0.1, 0.15) is 10.8 Å². The minimum Gasteiger partial charge on any atom is -0.389 e. The number of hydrogen-bond acceptors (Lipinski definition) is 2. The van der Waals surface area contributed by atoms with Gasteiger partial charge in [-0.2, -0.15) is 0 Å². The van der Waals surface area contributed by atoms with Crippen LogP contribution in [0.4, 0.5) is 10.1 Å². The number of nitrogens with two attached hydrogens (primary N) is 1. The second-order valence-corrected chi connectivity index (χ2v) is 5.16. The molecule has 86 valence electrons. The Kier molecular flexibility index (Phi) is 2.84. The molecule has 3 N–H and O–H groups in total. The fraction of sp³-hybridized carbons (Fsp3) is 0.417. The van der Waals surface area contributed by atoms with Crippen molar-refractivity contribution in [2.24, 2.45) is 11.1 Å². The van der Waals surface area contributed by atoms with Gasteiger partial charge in [0.15, 0.2) is 0 Å². The Morgan fingerprint density at radius 3 is 2.75 bits per heavy atom. The third-order valence-electron chi connectivity index (χ3n) is 3.06. The first-order chi connectivity index (χ1) is 7.50. The van der Waals surface area contributed by atoms with Crippen LogP contribution in [0.5, 0.6) is 0 Å². The van der Waals surface area contributed by atoms with Gasteiger partial charge < -0.3 is 11.1 Å². The van der Waals surface area contributed by atoms with Gasteiger partial charge in [0.25, 0.3) is 0 Å². The van der Waals surface area contributed by atoms with Gasteiger partial charge in [-0.25, -0.2) is 4.39 Å². The molecule has 1 aromatic rings. The summed E-state index contributed by atoms with van der Waals surface area (Å²) in [7, 11) is 0. The zero-order valence-electron chi connectivity index (χ0n) is 9.22. The van der Waals surface area contributed by atoms with Crippen LogP contribution in [0.15, 0.2) is 18.2 Å². The third-order valence-corrected chi connectivity index (χ3v) is 3.28. The van der Waals surface area contributed by atoms with Gasteiger partial charge in [-0.05, 0) is 36.5 Å². The highest BCUT2D eigenvalue weighted by molar-refractivity contribution is 7.80. The standard InChI is InChI=1S/C12H15FN2S/c1-12(4-5-12)7-15-8-2-3-9(11(14)16)10(13)6-8/h2-3,6,15H,4-5,7H2,1H3,(H2,14,16). The molecule has 16 heavy (non-hydrogen) atoms. The van der Waals surface area contributed by atoms with Crippen molar-refractivity contribution >= 4 is 22.9 Å². The first-order valence-corrected chi connectivity index (χ1v) is 5.74. The van der Waals surface area contributed by atoms with Gasteiger partial charge in [-0.3, -0.25) is 0 Å². The molecule has 0 heterocycles. The summed E-state index contributed by atoms with van der Waals surface area (Å²) in [6.07, 6.45) is 2.49. The molecule has 0 spiro atoms. The van der Waals surface area contributed by atoms with Crippen molar-refractivity contribution in [3.05, 3.63) is 29.6 Å². The van der Waals surface area contributed by atoms with E-state index in [0.29, 0.717) is 11.0 Å². The zero-order chi connectivity index (χ0) is 11.8. The maximum Gasteiger partial charge on any atom is 0.135 e. The Hall–Kier alpha value is -1.16. The lowest BCUT2D eigenvalue weighted by atomic mass is 10.1. The van der Waals surface area contributed by atoms with Crippen LogP contribution >= 0.6 is 12.2 Å².